The molecule has 1 aromatic carbocycles. The Balaban J connectivity index is 1.52. The van der Waals surface area contributed by atoms with Crippen LogP contribution in [0.1, 0.15) is 16.1 Å². The Bertz CT molecular complexity index is 768. The number of thiophene rings is 1. The summed E-state index contributed by atoms with van der Waals surface area (Å²) in [6.07, 6.45) is 0.661. The fourth-order valence-electron chi connectivity index (χ4n) is 3.10. The molecule has 1 atom stereocenters. The molecule has 5 nitrogen and oxygen atoms in total. The van der Waals surface area contributed by atoms with Crippen LogP contribution in [0.25, 0.3) is 10.1 Å². The number of amides is 3. The molecule has 23 heavy (non-hydrogen) atoms. The number of hydrogen-bond acceptors (Lipinski definition) is 5. The van der Waals surface area contributed by atoms with Crippen molar-refractivity contribution >= 4 is 50.2 Å². The minimum absolute atomic E-state index is 0.0135. The zero-order chi connectivity index (χ0) is 16.0. The van der Waals surface area contributed by atoms with E-state index in [1.54, 1.807) is 4.90 Å². The lowest BCUT2D eigenvalue weighted by atomic mass is 10.2. The number of nitrogens with zero attached hydrogens (tertiary/aromatic N) is 2. The summed E-state index contributed by atoms with van der Waals surface area (Å²) in [6, 6.07) is 9.65. The molecule has 2 aromatic rings. The van der Waals surface area contributed by atoms with Gasteiger partial charge >= 0.3 is 0 Å². The van der Waals surface area contributed by atoms with E-state index in [1.807, 2.05) is 30.3 Å². The van der Waals surface area contributed by atoms with Gasteiger partial charge in [0, 0.05) is 17.8 Å². The van der Waals surface area contributed by atoms with Crippen molar-refractivity contribution in [2.75, 3.05) is 18.8 Å². The van der Waals surface area contributed by atoms with Crippen LogP contribution >= 0.6 is 23.1 Å². The van der Waals surface area contributed by atoms with Crippen LogP contribution in [-0.2, 0) is 4.79 Å². The van der Waals surface area contributed by atoms with Gasteiger partial charge in [0.25, 0.3) is 11.1 Å². The molecule has 2 aliphatic rings. The first-order valence-corrected chi connectivity index (χ1v) is 9.20. The van der Waals surface area contributed by atoms with Crippen LogP contribution in [-0.4, -0.2) is 51.7 Å². The van der Waals surface area contributed by atoms with E-state index in [0.29, 0.717) is 24.4 Å². The summed E-state index contributed by atoms with van der Waals surface area (Å²) in [4.78, 5) is 40.1. The Kier molecular flexibility index (Phi) is 3.61. The van der Waals surface area contributed by atoms with Gasteiger partial charge in [-0.15, -0.1) is 11.3 Å². The van der Waals surface area contributed by atoms with Gasteiger partial charge in [0.05, 0.1) is 16.7 Å². The summed E-state index contributed by atoms with van der Waals surface area (Å²) in [7, 11) is 0. The van der Waals surface area contributed by atoms with Crippen molar-refractivity contribution in [1.82, 2.24) is 9.80 Å². The lowest BCUT2D eigenvalue weighted by Gasteiger charge is -2.21. The molecular formula is C16H14N2O3S2. The van der Waals surface area contributed by atoms with Gasteiger partial charge in [-0.05, 0) is 23.9 Å². The molecule has 7 heteroatoms. The van der Waals surface area contributed by atoms with Crippen molar-refractivity contribution < 1.29 is 14.4 Å². The van der Waals surface area contributed by atoms with Crippen molar-refractivity contribution in [1.29, 1.82) is 0 Å². The number of fused-ring (bicyclic) bond motifs is 1. The average molecular weight is 346 g/mol. The highest BCUT2D eigenvalue weighted by atomic mass is 32.2. The van der Waals surface area contributed by atoms with Gasteiger partial charge in [0.1, 0.15) is 0 Å². The maximum atomic E-state index is 12.7. The molecule has 1 aromatic heterocycles. The number of carbonyl (C=O) groups is 3. The van der Waals surface area contributed by atoms with Gasteiger partial charge in [-0.1, -0.05) is 30.0 Å². The largest absolute Gasteiger partial charge is 0.336 e. The number of hydrogen-bond donors (Lipinski definition) is 0. The highest BCUT2D eigenvalue weighted by Gasteiger charge is 2.40. The monoisotopic (exact) mass is 346 g/mol. The van der Waals surface area contributed by atoms with Crippen LogP contribution in [0, 0.1) is 0 Å². The van der Waals surface area contributed by atoms with E-state index in [0.717, 1.165) is 21.8 Å². The normalized spacial score (nSPS) is 21.7. The molecule has 0 radical (unpaired) electrons. The second kappa shape index (κ2) is 5.65. The maximum absolute atomic E-state index is 12.7. The molecule has 0 bridgehead atoms. The SMILES string of the molecule is O=C(c1cc2ccccc2s1)N1CC[C@@H](N2C(=O)CSC2=O)C1. The number of carbonyl (C=O) groups excluding carboxylic acids is 3. The number of thioether (sulfide) groups is 1. The zero-order valence-corrected chi connectivity index (χ0v) is 13.9. The molecule has 0 unspecified atom stereocenters. The molecule has 3 heterocycles. The number of benzene rings is 1. The molecule has 0 saturated carbocycles. The minimum Gasteiger partial charge on any atom is -0.336 e. The fraction of sp³-hybridized carbons (Fsp3) is 0.312. The van der Waals surface area contributed by atoms with Gasteiger partial charge in [0.15, 0.2) is 0 Å². The van der Waals surface area contributed by atoms with E-state index >= 15 is 0 Å². The number of likely N-dealkylation sites (tertiary alicyclic amines) is 1. The Morgan fingerprint density at radius 3 is 2.78 bits per heavy atom. The van der Waals surface area contributed by atoms with Crippen LogP contribution in [0.5, 0.6) is 0 Å². The van der Waals surface area contributed by atoms with Gasteiger partial charge in [-0.2, -0.15) is 0 Å². The Morgan fingerprint density at radius 1 is 1.22 bits per heavy atom. The first kappa shape index (κ1) is 14.7. The van der Waals surface area contributed by atoms with Gasteiger partial charge in [-0.25, -0.2) is 0 Å². The Labute approximate surface area is 141 Å². The molecular weight excluding hydrogens is 332 g/mol. The van der Waals surface area contributed by atoms with Gasteiger partial charge in [-0.3, -0.25) is 19.3 Å². The molecule has 0 N–H and O–H groups in total. The Morgan fingerprint density at radius 2 is 2.04 bits per heavy atom. The number of imide groups is 1. The predicted molar refractivity (Wildman–Crippen MR) is 90.8 cm³/mol. The van der Waals surface area contributed by atoms with Crippen LogP contribution in [0.2, 0.25) is 0 Å². The average Bonchev–Trinajstić information content (AvgIpc) is 3.25. The van der Waals surface area contributed by atoms with Crippen molar-refractivity contribution in [3.05, 3.63) is 35.2 Å². The summed E-state index contributed by atoms with van der Waals surface area (Å²) >= 11 is 2.53. The lowest BCUT2D eigenvalue weighted by Crippen LogP contribution is -2.41. The third-order valence-electron chi connectivity index (χ3n) is 4.24. The van der Waals surface area contributed by atoms with Crippen molar-refractivity contribution in [3.63, 3.8) is 0 Å². The summed E-state index contributed by atoms with van der Waals surface area (Å²) < 4.78 is 1.09. The van der Waals surface area contributed by atoms with Crippen molar-refractivity contribution in [3.8, 4) is 0 Å². The Hall–Kier alpha value is -1.86. The summed E-state index contributed by atoms with van der Waals surface area (Å²) in [6.45, 7) is 1.02. The van der Waals surface area contributed by atoms with Crippen molar-refractivity contribution in [2.45, 2.75) is 12.5 Å². The van der Waals surface area contributed by atoms with Crippen LogP contribution in [0.15, 0.2) is 30.3 Å². The summed E-state index contributed by atoms with van der Waals surface area (Å²) in [5.41, 5.74) is 0. The highest BCUT2D eigenvalue weighted by molar-refractivity contribution is 8.14. The van der Waals surface area contributed by atoms with E-state index in [1.165, 1.54) is 16.2 Å². The topological polar surface area (TPSA) is 57.7 Å². The highest BCUT2D eigenvalue weighted by Crippen LogP contribution is 2.30. The molecule has 4 rings (SSSR count). The standard InChI is InChI=1S/C16H14N2O3S2/c19-14-9-22-16(21)18(14)11-5-6-17(8-11)15(20)13-7-10-3-1-2-4-12(10)23-13/h1-4,7,11H,5-6,8-9H2/t11-/m1/s1. The molecule has 2 fully saturated rings. The molecule has 118 valence electrons. The van der Waals surface area contributed by atoms with E-state index in [9.17, 15) is 14.4 Å². The first-order chi connectivity index (χ1) is 11.1. The van der Waals surface area contributed by atoms with Gasteiger partial charge in [0.2, 0.25) is 5.91 Å². The second-order valence-electron chi connectivity index (χ2n) is 5.66. The van der Waals surface area contributed by atoms with E-state index < -0.39 is 0 Å². The van der Waals surface area contributed by atoms with Crippen molar-refractivity contribution in [2.24, 2.45) is 0 Å². The molecule has 3 amide bonds. The molecule has 0 aliphatic carbocycles. The summed E-state index contributed by atoms with van der Waals surface area (Å²) in [5, 5.41) is 0.883. The molecule has 2 aliphatic heterocycles. The maximum Gasteiger partial charge on any atom is 0.289 e. The third kappa shape index (κ3) is 2.53. The van der Waals surface area contributed by atoms with Gasteiger partial charge < -0.3 is 4.90 Å². The molecule has 2 saturated heterocycles. The van der Waals surface area contributed by atoms with Crippen LogP contribution in [0.3, 0.4) is 0 Å². The third-order valence-corrected chi connectivity index (χ3v) is 6.18. The second-order valence-corrected chi connectivity index (χ2v) is 7.67. The van der Waals surface area contributed by atoms with E-state index in [4.69, 9.17) is 0 Å². The quantitative estimate of drug-likeness (QED) is 0.839. The van der Waals surface area contributed by atoms with E-state index in [2.05, 4.69) is 0 Å². The summed E-state index contributed by atoms with van der Waals surface area (Å²) in [5.74, 6) is 0.0705. The van der Waals surface area contributed by atoms with Crippen LogP contribution in [0.4, 0.5) is 4.79 Å². The van der Waals surface area contributed by atoms with Crippen LogP contribution < -0.4 is 0 Å². The first-order valence-electron chi connectivity index (χ1n) is 7.40. The predicted octanol–water partition coefficient (Wildman–Crippen LogP) is 2.81. The van der Waals surface area contributed by atoms with E-state index in [-0.39, 0.29) is 28.8 Å². The zero-order valence-electron chi connectivity index (χ0n) is 12.2. The lowest BCUT2D eigenvalue weighted by molar-refractivity contribution is -0.126. The fourth-order valence-corrected chi connectivity index (χ4v) is 4.90. The number of rotatable bonds is 2. The minimum atomic E-state index is -0.184. The smallest absolute Gasteiger partial charge is 0.289 e. The molecule has 0 spiro atoms.